The molecule has 1 saturated heterocycles. The first-order chi connectivity index (χ1) is 15.4. The lowest BCUT2D eigenvalue weighted by Gasteiger charge is -2.34. The van der Waals surface area contributed by atoms with Crippen LogP contribution in [-0.4, -0.2) is 51.5 Å². The van der Waals surface area contributed by atoms with Gasteiger partial charge >= 0.3 is 12.4 Å². The Kier molecular flexibility index (Phi) is 6.29. The van der Waals surface area contributed by atoms with Gasteiger partial charge in [0.2, 0.25) is 0 Å². The van der Waals surface area contributed by atoms with Gasteiger partial charge in [-0.25, -0.2) is 4.79 Å². The number of hydrogen-bond donors (Lipinski definition) is 0. The standard InChI is InChI=1S/C22H21F3N4O3/c23-22(24,25)32-19-11-9-16(10-12-19)20-14-26-29(27-20)21(30)28-13-5-4-6-17(28)15-31-18-7-2-1-3-8-18/h1-3,7-12,14,17H,4-6,13,15H2. The van der Waals surface area contributed by atoms with Crippen LogP contribution >= 0.6 is 0 Å². The molecule has 0 N–H and O–H groups in total. The van der Waals surface area contributed by atoms with Crippen LogP contribution < -0.4 is 9.47 Å². The van der Waals surface area contributed by atoms with Gasteiger partial charge in [-0.05, 0) is 55.7 Å². The lowest BCUT2D eigenvalue weighted by Crippen LogP contribution is -2.48. The minimum absolute atomic E-state index is 0.107. The molecule has 1 aliphatic rings. The number of hydrogen-bond acceptors (Lipinski definition) is 5. The number of halogens is 3. The maximum absolute atomic E-state index is 13.0. The smallest absolute Gasteiger partial charge is 0.491 e. The van der Waals surface area contributed by atoms with Crippen molar-refractivity contribution >= 4 is 6.03 Å². The summed E-state index contributed by atoms with van der Waals surface area (Å²) in [5.41, 5.74) is 0.882. The van der Waals surface area contributed by atoms with E-state index in [1.165, 1.54) is 30.5 Å². The Bertz CT molecular complexity index is 1040. The molecule has 1 atom stereocenters. The predicted octanol–water partition coefficient (Wildman–Crippen LogP) is 4.75. The number of amides is 1. The van der Waals surface area contributed by atoms with Crippen molar-refractivity contribution in [3.8, 4) is 22.8 Å². The largest absolute Gasteiger partial charge is 0.573 e. The van der Waals surface area contributed by atoms with Crippen LogP contribution in [0.4, 0.5) is 18.0 Å². The molecule has 2 heterocycles. The van der Waals surface area contributed by atoms with Gasteiger partial charge in [-0.15, -0.1) is 18.3 Å². The van der Waals surface area contributed by atoms with Gasteiger partial charge in [-0.3, -0.25) is 0 Å². The number of piperidine rings is 1. The fourth-order valence-corrected chi connectivity index (χ4v) is 3.56. The lowest BCUT2D eigenvalue weighted by molar-refractivity contribution is -0.274. The molecule has 0 spiro atoms. The van der Waals surface area contributed by atoms with Gasteiger partial charge in [0.1, 0.15) is 23.8 Å². The normalized spacial score (nSPS) is 16.6. The molecule has 0 saturated carbocycles. The van der Waals surface area contributed by atoms with Crippen molar-refractivity contribution in [1.82, 2.24) is 19.9 Å². The summed E-state index contributed by atoms with van der Waals surface area (Å²) in [7, 11) is 0. The number of benzene rings is 2. The first-order valence-corrected chi connectivity index (χ1v) is 10.2. The number of rotatable bonds is 5. The van der Waals surface area contributed by atoms with Crippen molar-refractivity contribution in [1.29, 1.82) is 0 Å². The van der Waals surface area contributed by atoms with E-state index in [-0.39, 0.29) is 17.8 Å². The van der Waals surface area contributed by atoms with E-state index >= 15 is 0 Å². The second-order valence-electron chi connectivity index (χ2n) is 7.34. The number of carbonyl (C=O) groups is 1. The predicted molar refractivity (Wildman–Crippen MR) is 109 cm³/mol. The number of para-hydroxylation sites is 1. The molecule has 1 amide bonds. The van der Waals surface area contributed by atoms with E-state index < -0.39 is 6.36 Å². The third kappa shape index (κ3) is 5.37. The molecule has 0 bridgehead atoms. The van der Waals surface area contributed by atoms with Crippen molar-refractivity contribution in [2.24, 2.45) is 0 Å². The number of alkyl halides is 3. The Morgan fingerprint density at radius 3 is 2.50 bits per heavy atom. The highest BCUT2D eigenvalue weighted by Crippen LogP contribution is 2.26. The molecule has 32 heavy (non-hydrogen) atoms. The van der Waals surface area contributed by atoms with Crippen molar-refractivity contribution in [3.05, 3.63) is 60.8 Å². The second-order valence-corrected chi connectivity index (χ2v) is 7.34. The highest BCUT2D eigenvalue weighted by molar-refractivity contribution is 5.76. The molecule has 4 rings (SSSR count). The Labute approximate surface area is 182 Å². The van der Waals surface area contributed by atoms with Crippen LogP contribution in [0.15, 0.2) is 60.8 Å². The molecular weight excluding hydrogens is 425 g/mol. The zero-order valence-electron chi connectivity index (χ0n) is 17.0. The quantitative estimate of drug-likeness (QED) is 0.566. The first kappa shape index (κ1) is 21.7. The van der Waals surface area contributed by atoms with Gasteiger partial charge in [-0.2, -0.15) is 5.10 Å². The fourth-order valence-electron chi connectivity index (χ4n) is 3.56. The molecule has 1 aliphatic heterocycles. The molecule has 1 unspecified atom stereocenters. The topological polar surface area (TPSA) is 69.5 Å². The second kappa shape index (κ2) is 9.29. The van der Waals surface area contributed by atoms with Crippen LogP contribution in [0.2, 0.25) is 0 Å². The molecule has 10 heteroatoms. The zero-order valence-corrected chi connectivity index (χ0v) is 17.0. The van der Waals surface area contributed by atoms with Crippen molar-refractivity contribution in [3.63, 3.8) is 0 Å². The number of carbonyl (C=O) groups excluding carboxylic acids is 1. The molecule has 3 aromatic rings. The molecule has 7 nitrogen and oxygen atoms in total. The van der Waals surface area contributed by atoms with Gasteiger partial charge in [0.05, 0.1) is 12.2 Å². The average molecular weight is 446 g/mol. The van der Waals surface area contributed by atoms with E-state index in [0.717, 1.165) is 29.8 Å². The number of nitrogens with zero attached hydrogens (tertiary/aromatic N) is 4. The Hall–Kier alpha value is -3.56. The third-order valence-electron chi connectivity index (χ3n) is 5.11. The molecule has 1 aromatic heterocycles. The highest BCUT2D eigenvalue weighted by atomic mass is 19.4. The maximum atomic E-state index is 13.0. The van der Waals surface area contributed by atoms with Gasteiger partial charge in [0, 0.05) is 12.1 Å². The lowest BCUT2D eigenvalue weighted by atomic mass is 10.0. The summed E-state index contributed by atoms with van der Waals surface area (Å²) in [6.07, 6.45) is -0.671. The minimum Gasteiger partial charge on any atom is -0.491 e. The van der Waals surface area contributed by atoms with Gasteiger partial charge < -0.3 is 14.4 Å². The van der Waals surface area contributed by atoms with Gasteiger partial charge in [0.25, 0.3) is 0 Å². The zero-order chi connectivity index (χ0) is 22.6. The molecular formula is C22H21F3N4O3. The van der Waals surface area contributed by atoms with Crippen molar-refractivity contribution < 1.29 is 27.4 Å². The molecule has 1 fully saturated rings. The molecule has 0 radical (unpaired) electrons. The highest BCUT2D eigenvalue weighted by Gasteiger charge is 2.31. The summed E-state index contributed by atoms with van der Waals surface area (Å²) < 4.78 is 46.7. The van der Waals surface area contributed by atoms with E-state index in [1.54, 1.807) is 4.90 Å². The van der Waals surface area contributed by atoms with Crippen LogP contribution in [0.25, 0.3) is 11.3 Å². The van der Waals surface area contributed by atoms with E-state index in [4.69, 9.17) is 4.74 Å². The minimum atomic E-state index is -4.76. The maximum Gasteiger partial charge on any atom is 0.573 e. The van der Waals surface area contributed by atoms with Crippen LogP contribution in [-0.2, 0) is 0 Å². The summed E-state index contributed by atoms with van der Waals surface area (Å²) in [6, 6.07) is 14.2. The summed E-state index contributed by atoms with van der Waals surface area (Å²) in [5, 5.41) is 8.29. The van der Waals surface area contributed by atoms with Crippen LogP contribution in [0.5, 0.6) is 11.5 Å². The number of likely N-dealkylation sites (tertiary alicyclic amines) is 1. The fraction of sp³-hybridized carbons (Fsp3) is 0.318. The van der Waals surface area contributed by atoms with Crippen LogP contribution in [0.3, 0.4) is 0 Å². The van der Waals surface area contributed by atoms with Crippen molar-refractivity contribution in [2.45, 2.75) is 31.7 Å². The Morgan fingerprint density at radius 1 is 1.03 bits per heavy atom. The van der Waals surface area contributed by atoms with E-state index in [0.29, 0.717) is 24.4 Å². The average Bonchev–Trinajstić information content (AvgIpc) is 3.28. The van der Waals surface area contributed by atoms with E-state index in [9.17, 15) is 18.0 Å². The monoisotopic (exact) mass is 446 g/mol. The Balaban J connectivity index is 1.43. The summed E-state index contributed by atoms with van der Waals surface area (Å²) >= 11 is 0. The van der Waals surface area contributed by atoms with E-state index in [2.05, 4.69) is 14.9 Å². The van der Waals surface area contributed by atoms with Crippen LogP contribution in [0.1, 0.15) is 19.3 Å². The van der Waals surface area contributed by atoms with E-state index in [1.807, 2.05) is 30.3 Å². The number of aromatic nitrogens is 3. The Morgan fingerprint density at radius 2 is 1.78 bits per heavy atom. The summed E-state index contributed by atoms with van der Waals surface area (Å²) in [4.78, 5) is 15.8. The number of ether oxygens (including phenoxy) is 2. The first-order valence-electron chi connectivity index (χ1n) is 10.2. The summed E-state index contributed by atoms with van der Waals surface area (Å²) in [5.74, 6) is 0.405. The van der Waals surface area contributed by atoms with Gasteiger partial charge in [0.15, 0.2) is 0 Å². The molecule has 0 aliphatic carbocycles. The third-order valence-corrected chi connectivity index (χ3v) is 5.11. The van der Waals surface area contributed by atoms with Gasteiger partial charge in [-0.1, -0.05) is 23.0 Å². The molecule has 2 aromatic carbocycles. The van der Waals surface area contributed by atoms with Crippen LogP contribution in [0, 0.1) is 0 Å². The summed E-state index contributed by atoms with van der Waals surface area (Å²) in [6.45, 7) is 0.937. The van der Waals surface area contributed by atoms with Crippen molar-refractivity contribution in [2.75, 3.05) is 13.2 Å². The SMILES string of the molecule is O=C(N1CCCCC1COc1ccccc1)n1ncc(-c2ccc(OC(F)(F)F)cc2)n1. The molecule has 168 valence electrons.